The molecule has 1 aliphatic heterocycles. The molecule has 1 aliphatic carbocycles. The van der Waals surface area contributed by atoms with Crippen molar-refractivity contribution in [3.8, 4) is 0 Å². The SMILES string of the molecule is CCC(CC)C1=NO[C@H]2[C@@H]1[C@H](C(=O)O)C[C@@H]2C(=O)O. The summed E-state index contributed by atoms with van der Waals surface area (Å²) in [6, 6.07) is 0. The van der Waals surface area contributed by atoms with Gasteiger partial charge in [-0.05, 0) is 19.3 Å². The summed E-state index contributed by atoms with van der Waals surface area (Å²) in [6.45, 7) is 4.03. The fourth-order valence-electron chi connectivity index (χ4n) is 3.28. The number of carboxylic acids is 2. The van der Waals surface area contributed by atoms with Crippen molar-refractivity contribution in [2.45, 2.75) is 39.2 Å². The Balaban J connectivity index is 2.29. The van der Waals surface area contributed by atoms with Crippen LogP contribution < -0.4 is 0 Å². The van der Waals surface area contributed by atoms with Crippen LogP contribution in [0.4, 0.5) is 0 Å². The highest BCUT2D eigenvalue weighted by atomic mass is 16.6. The average molecular weight is 269 g/mol. The molecule has 0 saturated heterocycles. The molecule has 0 amide bonds. The minimum absolute atomic E-state index is 0.124. The number of oxime groups is 1. The second-order valence-corrected chi connectivity index (χ2v) is 5.25. The highest BCUT2D eigenvalue weighted by molar-refractivity contribution is 5.95. The van der Waals surface area contributed by atoms with Crippen LogP contribution in [-0.2, 0) is 14.4 Å². The van der Waals surface area contributed by atoms with E-state index in [0.29, 0.717) is 0 Å². The summed E-state index contributed by atoms with van der Waals surface area (Å²) in [5.74, 6) is -3.65. The van der Waals surface area contributed by atoms with Gasteiger partial charge in [-0.1, -0.05) is 19.0 Å². The molecule has 0 unspecified atom stereocenters. The first-order valence-corrected chi connectivity index (χ1v) is 6.70. The molecule has 0 spiro atoms. The van der Waals surface area contributed by atoms with E-state index in [1.165, 1.54) is 0 Å². The van der Waals surface area contributed by atoms with Crippen molar-refractivity contribution in [1.29, 1.82) is 0 Å². The molecule has 4 atom stereocenters. The molecule has 1 saturated carbocycles. The van der Waals surface area contributed by atoms with Crippen molar-refractivity contribution in [1.82, 2.24) is 0 Å². The van der Waals surface area contributed by atoms with Crippen LogP contribution in [0.5, 0.6) is 0 Å². The van der Waals surface area contributed by atoms with Gasteiger partial charge < -0.3 is 15.1 Å². The zero-order chi connectivity index (χ0) is 14.2. The lowest BCUT2D eigenvalue weighted by Gasteiger charge is -2.20. The zero-order valence-electron chi connectivity index (χ0n) is 11.1. The lowest BCUT2D eigenvalue weighted by atomic mass is 9.82. The van der Waals surface area contributed by atoms with E-state index >= 15 is 0 Å². The minimum atomic E-state index is -1.00. The number of hydrogen-bond acceptors (Lipinski definition) is 4. The molecule has 0 radical (unpaired) electrons. The van der Waals surface area contributed by atoms with Crippen LogP contribution in [0, 0.1) is 23.7 Å². The van der Waals surface area contributed by atoms with Gasteiger partial charge in [0.15, 0.2) is 0 Å². The number of aliphatic carboxylic acids is 2. The molecule has 0 aromatic rings. The summed E-state index contributed by atoms with van der Waals surface area (Å²) in [5, 5.41) is 22.5. The maximum Gasteiger partial charge on any atom is 0.310 e. The lowest BCUT2D eigenvalue weighted by molar-refractivity contribution is -0.145. The van der Waals surface area contributed by atoms with E-state index in [9.17, 15) is 19.8 Å². The fraction of sp³-hybridized carbons (Fsp3) is 0.769. The van der Waals surface area contributed by atoms with Crippen molar-refractivity contribution < 1.29 is 24.6 Å². The van der Waals surface area contributed by atoms with Crippen LogP contribution in [0.25, 0.3) is 0 Å². The topological polar surface area (TPSA) is 96.2 Å². The Labute approximate surface area is 111 Å². The van der Waals surface area contributed by atoms with Crippen molar-refractivity contribution in [3.63, 3.8) is 0 Å². The third-order valence-corrected chi connectivity index (χ3v) is 4.35. The molecule has 1 fully saturated rings. The van der Waals surface area contributed by atoms with Crippen LogP contribution in [0.2, 0.25) is 0 Å². The van der Waals surface area contributed by atoms with Crippen LogP contribution >= 0.6 is 0 Å². The molecular weight excluding hydrogens is 250 g/mol. The molecule has 106 valence electrons. The molecule has 1 heterocycles. The van der Waals surface area contributed by atoms with E-state index in [2.05, 4.69) is 5.16 Å². The molecule has 19 heavy (non-hydrogen) atoms. The maximum atomic E-state index is 11.4. The number of hydrogen-bond donors (Lipinski definition) is 2. The van der Waals surface area contributed by atoms with Crippen molar-refractivity contribution in [2.75, 3.05) is 0 Å². The quantitative estimate of drug-likeness (QED) is 0.790. The Hall–Kier alpha value is -1.59. The van der Waals surface area contributed by atoms with Gasteiger partial charge >= 0.3 is 11.9 Å². The summed E-state index contributed by atoms with van der Waals surface area (Å²) in [5.41, 5.74) is 0.742. The zero-order valence-corrected chi connectivity index (χ0v) is 11.1. The highest BCUT2D eigenvalue weighted by Gasteiger charge is 2.56. The number of nitrogens with zero attached hydrogens (tertiary/aromatic N) is 1. The van der Waals surface area contributed by atoms with Gasteiger partial charge in [0.2, 0.25) is 0 Å². The Bertz CT molecular complexity index is 415. The first-order valence-electron chi connectivity index (χ1n) is 6.70. The van der Waals surface area contributed by atoms with Gasteiger partial charge in [0, 0.05) is 5.92 Å². The van der Waals surface area contributed by atoms with Gasteiger partial charge in [0.05, 0.1) is 23.5 Å². The van der Waals surface area contributed by atoms with Crippen molar-refractivity contribution in [2.24, 2.45) is 28.8 Å². The average Bonchev–Trinajstić information content (AvgIpc) is 2.91. The summed E-state index contributed by atoms with van der Waals surface area (Å²) in [6.07, 6.45) is 1.21. The Morgan fingerprint density at radius 3 is 2.32 bits per heavy atom. The third kappa shape index (κ3) is 2.19. The summed E-state index contributed by atoms with van der Waals surface area (Å²) >= 11 is 0. The lowest BCUT2D eigenvalue weighted by Crippen LogP contribution is -2.33. The van der Waals surface area contributed by atoms with Gasteiger partial charge in [-0.3, -0.25) is 9.59 Å². The van der Waals surface area contributed by atoms with Crippen LogP contribution in [0.3, 0.4) is 0 Å². The molecule has 2 N–H and O–H groups in total. The largest absolute Gasteiger partial charge is 0.481 e. The third-order valence-electron chi connectivity index (χ3n) is 4.35. The van der Waals surface area contributed by atoms with Crippen molar-refractivity contribution in [3.05, 3.63) is 0 Å². The molecule has 6 nitrogen and oxygen atoms in total. The fourth-order valence-corrected chi connectivity index (χ4v) is 3.28. The summed E-state index contributed by atoms with van der Waals surface area (Å²) in [4.78, 5) is 27.8. The van der Waals surface area contributed by atoms with Gasteiger partial charge in [-0.2, -0.15) is 0 Å². The Morgan fingerprint density at radius 2 is 1.84 bits per heavy atom. The van der Waals surface area contributed by atoms with Gasteiger partial charge in [0.25, 0.3) is 0 Å². The van der Waals surface area contributed by atoms with Crippen LogP contribution in [-0.4, -0.2) is 34.0 Å². The van der Waals surface area contributed by atoms with E-state index < -0.39 is 29.9 Å². The first kappa shape index (κ1) is 13.8. The van der Waals surface area contributed by atoms with Gasteiger partial charge in [-0.25, -0.2) is 0 Å². The first-order chi connectivity index (χ1) is 9.01. The smallest absolute Gasteiger partial charge is 0.310 e. The van der Waals surface area contributed by atoms with E-state index in [4.69, 9.17) is 4.84 Å². The Morgan fingerprint density at radius 1 is 1.26 bits per heavy atom. The summed E-state index contributed by atoms with van der Waals surface area (Å²) < 4.78 is 0. The monoisotopic (exact) mass is 269 g/mol. The van der Waals surface area contributed by atoms with E-state index in [-0.39, 0.29) is 18.3 Å². The minimum Gasteiger partial charge on any atom is -0.481 e. The predicted octanol–water partition coefficient (Wildman–Crippen LogP) is 1.60. The second kappa shape index (κ2) is 5.19. The molecular formula is C13H19NO5. The number of carboxylic acid groups (broad SMARTS) is 2. The normalized spacial score (nSPS) is 32.9. The number of fused-ring (bicyclic) bond motifs is 1. The molecule has 0 aromatic heterocycles. The highest BCUT2D eigenvalue weighted by Crippen LogP contribution is 2.45. The van der Waals surface area contributed by atoms with Crippen LogP contribution in [0.1, 0.15) is 33.1 Å². The second-order valence-electron chi connectivity index (χ2n) is 5.25. The maximum absolute atomic E-state index is 11.4. The predicted molar refractivity (Wildman–Crippen MR) is 66.7 cm³/mol. The van der Waals surface area contributed by atoms with Crippen molar-refractivity contribution >= 4 is 17.7 Å². The van der Waals surface area contributed by atoms with E-state index in [1.807, 2.05) is 13.8 Å². The van der Waals surface area contributed by atoms with Crippen LogP contribution in [0.15, 0.2) is 5.16 Å². The molecule has 0 bridgehead atoms. The number of carbonyl (C=O) groups is 2. The van der Waals surface area contributed by atoms with Gasteiger partial charge in [-0.15, -0.1) is 0 Å². The van der Waals surface area contributed by atoms with E-state index in [0.717, 1.165) is 18.6 Å². The summed E-state index contributed by atoms with van der Waals surface area (Å²) in [7, 11) is 0. The van der Waals surface area contributed by atoms with E-state index in [1.54, 1.807) is 0 Å². The molecule has 2 rings (SSSR count). The molecule has 6 heteroatoms. The Kier molecular flexibility index (Phi) is 3.78. The standard InChI is InChI=1S/C13H19NO5/c1-3-6(4-2)10-9-7(12(15)16)5-8(13(17)18)11(9)19-14-10/h6-9,11H,3-5H2,1-2H3,(H,15,16)(H,17,18)/t7-,8+,9-,11-/m1/s1. The molecule has 0 aromatic carbocycles. The van der Waals surface area contributed by atoms with Gasteiger partial charge in [0.1, 0.15) is 6.10 Å². The molecule has 2 aliphatic rings. The number of rotatable bonds is 5.